The Kier molecular flexibility index (Phi) is 5.01. The summed E-state index contributed by atoms with van der Waals surface area (Å²) >= 11 is 1.80. The molecule has 1 saturated heterocycles. The van der Waals surface area contributed by atoms with Gasteiger partial charge in [-0.15, -0.1) is 0 Å². The minimum Gasteiger partial charge on any atom is -0.311 e. The molecule has 2 atom stereocenters. The summed E-state index contributed by atoms with van der Waals surface area (Å²) < 4.78 is 0. The van der Waals surface area contributed by atoms with E-state index in [0.717, 1.165) is 12.5 Å². The van der Waals surface area contributed by atoms with E-state index in [2.05, 4.69) is 40.9 Å². The predicted octanol–water partition coefficient (Wildman–Crippen LogP) is 2.61. The van der Waals surface area contributed by atoms with Crippen LogP contribution < -0.4 is 5.32 Å². The van der Waals surface area contributed by atoms with Crippen LogP contribution >= 0.6 is 11.3 Å². The summed E-state index contributed by atoms with van der Waals surface area (Å²) in [6.07, 6.45) is 2.48. The fourth-order valence-electron chi connectivity index (χ4n) is 2.43. The van der Waals surface area contributed by atoms with Crippen molar-refractivity contribution in [2.45, 2.75) is 32.7 Å². The van der Waals surface area contributed by atoms with Gasteiger partial charge in [0.2, 0.25) is 0 Å². The van der Waals surface area contributed by atoms with E-state index >= 15 is 0 Å². The van der Waals surface area contributed by atoms with E-state index in [1.165, 1.54) is 38.0 Å². The Morgan fingerprint density at radius 2 is 2.47 bits per heavy atom. The third-order valence-corrected chi connectivity index (χ3v) is 4.65. The molecular weight excluding hydrogens is 228 g/mol. The van der Waals surface area contributed by atoms with E-state index in [1.807, 2.05) is 0 Å². The lowest BCUT2D eigenvalue weighted by Gasteiger charge is -2.36. The van der Waals surface area contributed by atoms with Crippen molar-refractivity contribution in [1.82, 2.24) is 10.2 Å². The zero-order valence-electron chi connectivity index (χ0n) is 11.0. The smallest absolute Gasteiger partial charge is 0.0221 e. The lowest BCUT2D eigenvalue weighted by atomic mass is 9.97. The van der Waals surface area contributed by atoms with E-state index in [4.69, 9.17) is 0 Å². The van der Waals surface area contributed by atoms with Crippen LogP contribution in [0.5, 0.6) is 0 Å². The standard InChI is InChI=1S/C14H24N2S/c1-3-12(2)14-10-16(8-6-15-14)7-4-13-5-9-17-11-13/h5,9,11-12,14-15H,3-4,6-8,10H2,1-2H3. The Labute approximate surface area is 109 Å². The molecule has 2 rings (SSSR count). The monoisotopic (exact) mass is 252 g/mol. The van der Waals surface area contributed by atoms with Crippen LogP contribution in [0.2, 0.25) is 0 Å². The summed E-state index contributed by atoms with van der Waals surface area (Å²) in [5, 5.41) is 8.10. The van der Waals surface area contributed by atoms with Crippen molar-refractivity contribution in [3.8, 4) is 0 Å². The maximum absolute atomic E-state index is 3.65. The summed E-state index contributed by atoms with van der Waals surface area (Å²) in [6, 6.07) is 2.94. The average Bonchev–Trinajstić information content (AvgIpc) is 2.89. The molecule has 17 heavy (non-hydrogen) atoms. The normalized spacial score (nSPS) is 23.8. The fourth-order valence-corrected chi connectivity index (χ4v) is 3.14. The van der Waals surface area contributed by atoms with Crippen molar-refractivity contribution >= 4 is 11.3 Å². The first-order valence-electron chi connectivity index (χ1n) is 6.76. The van der Waals surface area contributed by atoms with Crippen LogP contribution in [0, 0.1) is 5.92 Å². The summed E-state index contributed by atoms with van der Waals surface area (Å²) in [5.41, 5.74) is 1.49. The molecule has 2 nitrogen and oxygen atoms in total. The van der Waals surface area contributed by atoms with Crippen molar-refractivity contribution in [2.24, 2.45) is 5.92 Å². The molecule has 96 valence electrons. The van der Waals surface area contributed by atoms with Gasteiger partial charge in [-0.05, 0) is 34.7 Å². The van der Waals surface area contributed by atoms with Crippen LogP contribution in [-0.4, -0.2) is 37.1 Å². The lowest BCUT2D eigenvalue weighted by molar-refractivity contribution is 0.170. The third-order valence-electron chi connectivity index (χ3n) is 3.92. The molecule has 1 aromatic heterocycles. The topological polar surface area (TPSA) is 15.3 Å². The lowest BCUT2D eigenvalue weighted by Crippen LogP contribution is -2.53. The quantitative estimate of drug-likeness (QED) is 0.866. The fraction of sp³-hybridized carbons (Fsp3) is 0.714. The Morgan fingerprint density at radius 3 is 3.18 bits per heavy atom. The second-order valence-electron chi connectivity index (χ2n) is 5.13. The Balaban J connectivity index is 1.77. The maximum Gasteiger partial charge on any atom is 0.0221 e. The summed E-state index contributed by atoms with van der Waals surface area (Å²) in [5.74, 6) is 0.791. The van der Waals surface area contributed by atoms with Crippen LogP contribution in [0.4, 0.5) is 0 Å². The highest BCUT2D eigenvalue weighted by molar-refractivity contribution is 7.07. The molecule has 1 fully saturated rings. The van der Waals surface area contributed by atoms with Crippen LogP contribution in [0.15, 0.2) is 16.8 Å². The second-order valence-corrected chi connectivity index (χ2v) is 5.91. The van der Waals surface area contributed by atoms with Gasteiger partial charge in [-0.2, -0.15) is 11.3 Å². The number of thiophene rings is 1. The second kappa shape index (κ2) is 6.53. The highest BCUT2D eigenvalue weighted by atomic mass is 32.1. The average molecular weight is 252 g/mol. The number of hydrogen-bond acceptors (Lipinski definition) is 3. The van der Waals surface area contributed by atoms with Crippen LogP contribution in [0.25, 0.3) is 0 Å². The molecular formula is C14H24N2S. The molecule has 1 N–H and O–H groups in total. The van der Waals surface area contributed by atoms with Gasteiger partial charge in [-0.25, -0.2) is 0 Å². The first-order chi connectivity index (χ1) is 8.29. The number of nitrogens with one attached hydrogen (secondary N) is 1. The van der Waals surface area contributed by atoms with E-state index in [9.17, 15) is 0 Å². The first kappa shape index (κ1) is 13.1. The van der Waals surface area contributed by atoms with Gasteiger partial charge < -0.3 is 10.2 Å². The van der Waals surface area contributed by atoms with Gasteiger partial charge in [0.1, 0.15) is 0 Å². The van der Waals surface area contributed by atoms with Crippen LogP contribution in [0.1, 0.15) is 25.8 Å². The van der Waals surface area contributed by atoms with Crippen molar-refractivity contribution < 1.29 is 0 Å². The zero-order chi connectivity index (χ0) is 12.1. The van der Waals surface area contributed by atoms with Gasteiger partial charge in [-0.3, -0.25) is 0 Å². The van der Waals surface area contributed by atoms with E-state index in [0.29, 0.717) is 6.04 Å². The molecule has 0 bridgehead atoms. The van der Waals surface area contributed by atoms with E-state index < -0.39 is 0 Å². The number of nitrogens with zero attached hydrogens (tertiary/aromatic N) is 1. The van der Waals surface area contributed by atoms with Gasteiger partial charge in [0.15, 0.2) is 0 Å². The van der Waals surface area contributed by atoms with Gasteiger partial charge in [0, 0.05) is 32.2 Å². The van der Waals surface area contributed by atoms with Crippen LogP contribution in [0.3, 0.4) is 0 Å². The Morgan fingerprint density at radius 1 is 1.59 bits per heavy atom. The van der Waals surface area contributed by atoms with E-state index in [1.54, 1.807) is 11.3 Å². The molecule has 0 radical (unpaired) electrons. The highest BCUT2D eigenvalue weighted by Crippen LogP contribution is 2.13. The molecule has 1 aliphatic rings. The summed E-state index contributed by atoms with van der Waals surface area (Å²) in [6.45, 7) is 9.44. The molecule has 3 heteroatoms. The predicted molar refractivity (Wildman–Crippen MR) is 75.7 cm³/mol. The molecule has 0 spiro atoms. The highest BCUT2D eigenvalue weighted by Gasteiger charge is 2.22. The molecule has 0 saturated carbocycles. The van der Waals surface area contributed by atoms with Gasteiger partial charge in [-0.1, -0.05) is 20.3 Å². The van der Waals surface area contributed by atoms with Crippen molar-refractivity contribution in [3.63, 3.8) is 0 Å². The molecule has 2 heterocycles. The summed E-state index contributed by atoms with van der Waals surface area (Å²) in [7, 11) is 0. The molecule has 0 aromatic carbocycles. The molecule has 0 amide bonds. The Bertz CT molecular complexity index is 310. The molecule has 2 unspecified atom stereocenters. The first-order valence-corrected chi connectivity index (χ1v) is 7.70. The van der Waals surface area contributed by atoms with Crippen molar-refractivity contribution in [3.05, 3.63) is 22.4 Å². The molecule has 0 aliphatic carbocycles. The van der Waals surface area contributed by atoms with Gasteiger partial charge >= 0.3 is 0 Å². The Hall–Kier alpha value is -0.380. The largest absolute Gasteiger partial charge is 0.311 e. The molecule has 1 aliphatic heterocycles. The van der Waals surface area contributed by atoms with Gasteiger partial charge in [0.25, 0.3) is 0 Å². The number of piperazine rings is 1. The number of rotatable bonds is 5. The minimum atomic E-state index is 0.691. The van der Waals surface area contributed by atoms with Crippen molar-refractivity contribution in [1.29, 1.82) is 0 Å². The van der Waals surface area contributed by atoms with Gasteiger partial charge in [0.05, 0.1) is 0 Å². The van der Waals surface area contributed by atoms with Crippen LogP contribution in [-0.2, 0) is 6.42 Å². The SMILES string of the molecule is CCC(C)C1CN(CCc2ccsc2)CCN1. The third kappa shape index (κ3) is 3.80. The molecule has 1 aromatic rings. The minimum absolute atomic E-state index is 0.691. The van der Waals surface area contributed by atoms with Crippen molar-refractivity contribution in [2.75, 3.05) is 26.2 Å². The number of hydrogen-bond donors (Lipinski definition) is 1. The zero-order valence-corrected chi connectivity index (χ0v) is 11.8. The summed E-state index contributed by atoms with van der Waals surface area (Å²) in [4.78, 5) is 2.62. The maximum atomic E-state index is 3.65. The van der Waals surface area contributed by atoms with E-state index in [-0.39, 0.29) is 0 Å².